The molecule has 1 N–H and O–H groups in total. The molecule has 0 aliphatic carbocycles. The van der Waals surface area contributed by atoms with Crippen molar-refractivity contribution >= 4 is 39.1 Å². The number of carbonyl (C=O) groups excluding carboxylic acids is 2. The second-order valence-corrected chi connectivity index (χ2v) is 13.0. The van der Waals surface area contributed by atoms with Crippen LogP contribution in [-0.2, 0) is 32.6 Å². The van der Waals surface area contributed by atoms with E-state index in [9.17, 15) is 18.0 Å². The Bertz CT molecular complexity index is 1430. The number of hydrogen-bond acceptors (Lipinski definition) is 5. The van der Waals surface area contributed by atoms with Crippen LogP contribution in [0.3, 0.4) is 0 Å². The lowest BCUT2D eigenvalue weighted by atomic mass is 10.0. The second-order valence-electron chi connectivity index (χ2n) is 10.6. The Labute approximate surface area is 254 Å². The van der Waals surface area contributed by atoms with Gasteiger partial charge >= 0.3 is 0 Å². The topological polar surface area (TPSA) is 96.0 Å². The van der Waals surface area contributed by atoms with Crippen LogP contribution >= 0.6 is 11.6 Å². The van der Waals surface area contributed by atoms with Gasteiger partial charge in [-0.15, -0.1) is 0 Å². The molecule has 0 heterocycles. The van der Waals surface area contributed by atoms with Crippen molar-refractivity contribution in [2.75, 3.05) is 30.8 Å². The zero-order valence-electron chi connectivity index (χ0n) is 24.6. The van der Waals surface area contributed by atoms with E-state index in [1.165, 1.54) is 4.31 Å². The minimum absolute atomic E-state index is 0.0410. The van der Waals surface area contributed by atoms with Crippen LogP contribution in [0.5, 0.6) is 5.75 Å². The Morgan fingerprint density at radius 2 is 1.64 bits per heavy atom. The number of amides is 2. The quantitative estimate of drug-likeness (QED) is 0.251. The van der Waals surface area contributed by atoms with Crippen LogP contribution in [0.15, 0.2) is 78.9 Å². The highest BCUT2D eigenvalue weighted by atomic mass is 35.5. The predicted octanol–water partition coefficient (Wildman–Crippen LogP) is 5.31. The predicted molar refractivity (Wildman–Crippen MR) is 168 cm³/mol. The van der Waals surface area contributed by atoms with Crippen LogP contribution in [0.25, 0.3) is 0 Å². The first-order valence-electron chi connectivity index (χ1n) is 13.9. The maximum atomic E-state index is 13.9. The van der Waals surface area contributed by atoms with Crippen molar-refractivity contribution in [2.24, 2.45) is 5.92 Å². The van der Waals surface area contributed by atoms with Crippen molar-refractivity contribution in [2.45, 2.75) is 45.7 Å². The van der Waals surface area contributed by atoms with Gasteiger partial charge in [0.05, 0.1) is 19.1 Å². The molecule has 0 bridgehead atoms. The summed E-state index contributed by atoms with van der Waals surface area (Å²) in [7, 11) is -2.05. The van der Waals surface area contributed by atoms with E-state index in [4.69, 9.17) is 16.3 Å². The molecule has 42 heavy (non-hydrogen) atoms. The first kappa shape index (κ1) is 32.9. The Hall–Kier alpha value is -3.56. The lowest BCUT2D eigenvalue weighted by Gasteiger charge is -2.32. The highest BCUT2D eigenvalue weighted by molar-refractivity contribution is 7.92. The Kier molecular flexibility index (Phi) is 12.2. The van der Waals surface area contributed by atoms with Gasteiger partial charge in [-0.3, -0.25) is 13.9 Å². The monoisotopic (exact) mass is 613 g/mol. The summed E-state index contributed by atoms with van der Waals surface area (Å²) in [6.45, 7) is 4.78. The van der Waals surface area contributed by atoms with Crippen LogP contribution in [0.1, 0.15) is 37.8 Å². The van der Waals surface area contributed by atoms with E-state index < -0.39 is 16.1 Å². The summed E-state index contributed by atoms with van der Waals surface area (Å²) in [4.78, 5) is 29.1. The van der Waals surface area contributed by atoms with E-state index in [1.54, 1.807) is 36.3 Å². The third-order valence-electron chi connectivity index (χ3n) is 6.69. The summed E-state index contributed by atoms with van der Waals surface area (Å²) in [5, 5.41) is 3.42. The molecule has 3 aromatic rings. The van der Waals surface area contributed by atoms with Gasteiger partial charge in [0.15, 0.2) is 0 Å². The average molecular weight is 614 g/mol. The Morgan fingerprint density at radius 3 is 2.29 bits per heavy atom. The minimum atomic E-state index is -3.62. The van der Waals surface area contributed by atoms with E-state index in [1.807, 2.05) is 68.4 Å². The molecule has 0 spiro atoms. The van der Waals surface area contributed by atoms with Gasteiger partial charge in [-0.2, -0.15) is 0 Å². The zero-order chi connectivity index (χ0) is 30.7. The number of benzene rings is 3. The number of nitrogens with zero attached hydrogens (tertiary/aromatic N) is 2. The van der Waals surface area contributed by atoms with Crippen molar-refractivity contribution in [1.82, 2.24) is 10.2 Å². The largest absolute Gasteiger partial charge is 0.497 e. The maximum absolute atomic E-state index is 13.9. The molecule has 1 atom stereocenters. The van der Waals surface area contributed by atoms with Gasteiger partial charge in [0.25, 0.3) is 0 Å². The number of halogens is 1. The lowest BCUT2D eigenvalue weighted by Crippen LogP contribution is -2.51. The molecule has 3 rings (SSSR count). The van der Waals surface area contributed by atoms with Crippen LogP contribution < -0.4 is 14.4 Å². The van der Waals surface area contributed by atoms with Crippen LogP contribution in [0.4, 0.5) is 5.69 Å². The van der Waals surface area contributed by atoms with E-state index in [0.717, 1.165) is 17.4 Å². The van der Waals surface area contributed by atoms with E-state index in [2.05, 4.69) is 5.32 Å². The summed E-state index contributed by atoms with van der Waals surface area (Å²) in [5.74, 6) is 0.398. The molecule has 0 aliphatic rings. The summed E-state index contributed by atoms with van der Waals surface area (Å²) in [6.07, 6.45) is 1.75. The smallest absolute Gasteiger partial charge is 0.243 e. The van der Waals surface area contributed by atoms with E-state index in [-0.39, 0.29) is 43.7 Å². The number of nitrogens with one attached hydrogen (secondary N) is 1. The van der Waals surface area contributed by atoms with Gasteiger partial charge in [-0.05, 0) is 53.8 Å². The first-order valence-corrected chi connectivity index (χ1v) is 16.2. The fraction of sp³-hybridized carbons (Fsp3) is 0.375. The standard InChI is InChI=1S/C32H40ClN3O5S/c1-24(2)22-34-32(38)30(20-25-11-6-5-7-12-25)35(23-26-13-8-16-29(19-26)41-3)31(37)17-10-18-36(42(4,39)40)28-15-9-14-27(33)21-28/h5-9,11-16,19,21,24,30H,10,17-18,20,22-23H2,1-4H3,(H,34,38)/t30-/m0/s1. The van der Waals surface area contributed by atoms with Gasteiger partial charge < -0.3 is 15.0 Å². The van der Waals surface area contributed by atoms with Crippen molar-refractivity contribution in [3.05, 3.63) is 95.0 Å². The highest BCUT2D eigenvalue weighted by Gasteiger charge is 2.30. The van der Waals surface area contributed by atoms with Gasteiger partial charge in [0.2, 0.25) is 21.8 Å². The summed E-state index contributed by atoms with van der Waals surface area (Å²) >= 11 is 6.11. The molecule has 0 aliphatic heterocycles. The zero-order valence-corrected chi connectivity index (χ0v) is 26.2. The average Bonchev–Trinajstić information content (AvgIpc) is 2.95. The molecule has 0 unspecified atom stereocenters. The van der Waals surface area contributed by atoms with Gasteiger partial charge in [0.1, 0.15) is 11.8 Å². The third kappa shape index (κ3) is 10.1. The van der Waals surface area contributed by atoms with Crippen molar-refractivity contribution < 1.29 is 22.7 Å². The molecule has 0 saturated heterocycles. The molecule has 0 saturated carbocycles. The fourth-order valence-electron chi connectivity index (χ4n) is 4.58. The van der Waals surface area contributed by atoms with Crippen molar-refractivity contribution in [1.29, 1.82) is 0 Å². The SMILES string of the molecule is COc1cccc(CN(C(=O)CCCN(c2cccc(Cl)c2)S(C)(=O)=O)[C@@H](Cc2ccccc2)C(=O)NCC(C)C)c1. The summed E-state index contributed by atoms with van der Waals surface area (Å²) < 4.78 is 31.8. The molecular formula is C32H40ClN3O5S. The number of anilines is 1. The number of carbonyl (C=O) groups is 2. The summed E-state index contributed by atoms with van der Waals surface area (Å²) in [6, 6.07) is 22.8. The molecule has 10 heteroatoms. The van der Waals surface area contributed by atoms with Crippen LogP contribution in [0.2, 0.25) is 5.02 Å². The minimum Gasteiger partial charge on any atom is -0.497 e. The van der Waals surface area contributed by atoms with Crippen molar-refractivity contribution in [3.8, 4) is 5.75 Å². The van der Waals surface area contributed by atoms with Gasteiger partial charge in [0, 0.05) is 37.5 Å². The molecule has 3 aromatic carbocycles. The Morgan fingerprint density at radius 1 is 0.952 bits per heavy atom. The van der Waals surface area contributed by atoms with Crippen LogP contribution in [0, 0.1) is 5.92 Å². The molecule has 0 fully saturated rings. The highest BCUT2D eigenvalue weighted by Crippen LogP contribution is 2.23. The van der Waals surface area contributed by atoms with Gasteiger partial charge in [-0.25, -0.2) is 8.42 Å². The summed E-state index contributed by atoms with van der Waals surface area (Å²) in [5.41, 5.74) is 2.17. The van der Waals surface area contributed by atoms with E-state index >= 15 is 0 Å². The van der Waals surface area contributed by atoms with Gasteiger partial charge in [-0.1, -0.05) is 74.0 Å². The van der Waals surface area contributed by atoms with Crippen LogP contribution in [-0.4, -0.2) is 57.6 Å². The number of rotatable bonds is 15. The molecule has 8 nitrogen and oxygen atoms in total. The normalized spacial score (nSPS) is 12.0. The maximum Gasteiger partial charge on any atom is 0.243 e. The molecular weight excluding hydrogens is 574 g/mol. The molecule has 0 radical (unpaired) electrons. The number of sulfonamides is 1. The third-order valence-corrected chi connectivity index (χ3v) is 8.12. The number of ether oxygens (including phenoxy) is 1. The number of methoxy groups -OCH3 is 1. The Balaban J connectivity index is 1.90. The lowest BCUT2D eigenvalue weighted by molar-refractivity contribution is -0.141. The molecule has 2 amide bonds. The molecule has 0 aromatic heterocycles. The number of hydrogen-bond donors (Lipinski definition) is 1. The van der Waals surface area contributed by atoms with E-state index in [0.29, 0.717) is 29.4 Å². The first-order chi connectivity index (χ1) is 20.0. The second kappa shape index (κ2) is 15.6. The van der Waals surface area contributed by atoms with Crippen molar-refractivity contribution in [3.63, 3.8) is 0 Å². The molecule has 226 valence electrons. The fourth-order valence-corrected chi connectivity index (χ4v) is 5.72.